The monoisotopic (exact) mass is 407 g/mol. The molecule has 0 aliphatic carbocycles. The van der Waals surface area contributed by atoms with Gasteiger partial charge in [-0.2, -0.15) is 8.78 Å². The molecule has 0 amide bonds. The first kappa shape index (κ1) is 19.9. The van der Waals surface area contributed by atoms with E-state index >= 15 is 0 Å². The van der Waals surface area contributed by atoms with Crippen molar-refractivity contribution in [1.82, 2.24) is 0 Å². The van der Waals surface area contributed by atoms with E-state index < -0.39 is 18.8 Å². The first-order chi connectivity index (χ1) is 13.3. The lowest BCUT2D eigenvalue weighted by atomic mass is 10.0. The Balaban J connectivity index is 1.70. The van der Waals surface area contributed by atoms with Crippen LogP contribution in [0.5, 0.6) is 0 Å². The molecule has 1 aromatic heterocycles. The van der Waals surface area contributed by atoms with Gasteiger partial charge in [0.25, 0.3) is 0 Å². The van der Waals surface area contributed by atoms with E-state index in [1.165, 1.54) is 18.5 Å². The Labute approximate surface area is 159 Å². The van der Waals surface area contributed by atoms with Crippen molar-refractivity contribution >= 4 is 13.8 Å². The molecular formula is C19H16F2NO5P. The van der Waals surface area contributed by atoms with E-state index in [1.54, 1.807) is 42.5 Å². The molecule has 6 nitrogen and oxygen atoms in total. The number of furan rings is 1. The minimum Gasteiger partial charge on any atom is -0.463 e. The third-order valence-corrected chi connectivity index (χ3v) is 4.88. The summed E-state index contributed by atoms with van der Waals surface area (Å²) < 4.78 is 43.9. The second-order valence-corrected chi connectivity index (χ2v) is 7.54. The molecule has 28 heavy (non-hydrogen) atoms. The van der Waals surface area contributed by atoms with E-state index in [9.17, 15) is 13.3 Å². The molecule has 3 aromatic rings. The van der Waals surface area contributed by atoms with E-state index in [1.807, 2.05) is 0 Å². The zero-order valence-corrected chi connectivity index (χ0v) is 15.3. The average molecular weight is 407 g/mol. The van der Waals surface area contributed by atoms with Crippen LogP contribution in [0.3, 0.4) is 0 Å². The average Bonchev–Trinajstić information content (AvgIpc) is 3.18. The van der Waals surface area contributed by atoms with Gasteiger partial charge in [0.05, 0.1) is 6.26 Å². The number of halogens is 2. The molecule has 0 saturated carbocycles. The van der Waals surface area contributed by atoms with Crippen LogP contribution in [0.1, 0.15) is 16.9 Å². The van der Waals surface area contributed by atoms with E-state index in [0.717, 1.165) is 17.7 Å². The molecule has 0 saturated heterocycles. The van der Waals surface area contributed by atoms with Gasteiger partial charge < -0.3 is 19.0 Å². The predicted octanol–water partition coefficient (Wildman–Crippen LogP) is 4.72. The van der Waals surface area contributed by atoms with Crippen molar-refractivity contribution in [2.75, 3.05) is 0 Å². The van der Waals surface area contributed by atoms with Crippen LogP contribution in [0.4, 0.5) is 8.78 Å². The highest BCUT2D eigenvalue weighted by molar-refractivity contribution is 7.52. The van der Waals surface area contributed by atoms with Crippen LogP contribution in [0.15, 0.2) is 76.5 Å². The van der Waals surface area contributed by atoms with Gasteiger partial charge in [0, 0.05) is 5.56 Å². The fourth-order valence-electron chi connectivity index (χ4n) is 2.41. The van der Waals surface area contributed by atoms with Crippen molar-refractivity contribution < 1.29 is 32.4 Å². The summed E-state index contributed by atoms with van der Waals surface area (Å²) in [5.74, 6) is 0.558. The van der Waals surface area contributed by atoms with Gasteiger partial charge in [-0.3, -0.25) is 4.57 Å². The first-order valence-electron chi connectivity index (χ1n) is 8.09. The summed E-state index contributed by atoms with van der Waals surface area (Å²) in [6.07, 6.45) is 2.95. The lowest BCUT2D eigenvalue weighted by Gasteiger charge is -2.18. The fraction of sp³-hybridized carbons (Fsp3) is 0.105. The summed E-state index contributed by atoms with van der Waals surface area (Å²) >= 11 is 0. The zero-order chi connectivity index (χ0) is 20.2. The molecule has 0 fully saturated rings. The lowest BCUT2D eigenvalue weighted by molar-refractivity contribution is 0.0565. The summed E-state index contributed by atoms with van der Waals surface area (Å²) in [6, 6.07) is 15.3. The Morgan fingerprint density at radius 3 is 2.46 bits per heavy atom. The molecule has 0 aliphatic heterocycles. The normalized spacial score (nSPS) is 12.4. The van der Waals surface area contributed by atoms with Crippen molar-refractivity contribution in [2.45, 2.75) is 12.3 Å². The zero-order valence-electron chi connectivity index (χ0n) is 14.4. The summed E-state index contributed by atoms with van der Waals surface area (Å²) in [5.41, 5.74) is -3.15. The van der Waals surface area contributed by atoms with Crippen molar-refractivity contribution in [2.24, 2.45) is 5.16 Å². The van der Waals surface area contributed by atoms with Crippen LogP contribution in [0, 0.1) is 0 Å². The Morgan fingerprint density at radius 2 is 1.82 bits per heavy atom. The molecule has 1 heterocycles. The Hall–Kier alpha value is -2.80. The van der Waals surface area contributed by atoms with Gasteiger partial charge in [0.15, 0.2) is 0 Å². The molecular weight excluding hydrogens is 391 g/mol. The topological polar surface area (TPSA) is 92.3 Å². The minimum atomic E-state index is -5.61. The number of oxime groups is 1. The highest BCUT2D eigenvalue weighted by atomic mass is 31.2. The molecule has 0 atom stereocenters. The van der Waals surface area contributed by atoms with E-state index in [-0.39, 0.29) is 6.61 Å². The molecule has 9 heteroatoms. The molecule has 0 unspecified atom stereocenters. The number of alkyl halides is 2. The Morgan fingerprint density at radius 1 is 1.07 bits per heavy atom. The van der Waals surface area contributed by atoms with Gasteiger partial charge in [0.2, 0.25) is 0 Å². The Kier molecular flexibility index (Phi) is 5.74. The second kappa shape index (κ2) is 8.06. The third kappa shape index (κ3) is 4.54. The predicted molar refractivity (Wildman–Crippen MR) is 98.9 cm³/mol. The summed E-state index contributed by atoms with van der Waals surface area (Å²) in [7, 11) is -5.61. The number of hydrogen-bond donors (Lipinski definition) is 2. The largest absolute Gasteiger partial charge is 0.463 e. The van der Waals surface area contributed by atoms with Crippen molar-refractivity contribution in [3.05, 3.63) is 83.8 Å². The van der Waals surface area contributed by atoms with Gasteiger partial charge in [-0.05, 0) is 34.9 Å². The Bertz CT molecular complexity index is 997. The molecule has 0 bridgehead atoms. The maximum atomic E-state index is 13.9. The lowest BCUT2D eigenvalue weighted by Crippen LogP contribution is -2.13. The standard InChI is InChI=1S/C19H16F2NO5P/c20-19(21,28(23,24)25)17-4-1-3-16(11-17)15-8-6-14(7-9-15)13-27-22-12-18-5-2-10-26-18/h1-12H,13H2,(H2,23,24,25)/b22-12+. The number of nitrogens with zero attached hydrogens (tertiary/aromatic N) is 1. The molecule has 146 valence electrons. The number of rotatable bonds is 7. The van der Waals surface area contributed by atoms with Crippen molar-refractivity contribution in [3.8, 4) is 11.1 Å². The second-order valence-electron chi connectivity index (χ2n) is 5.89. The highest BCUT2D eigenvalue weighted by Crippen LogP contribution is 2.59. The molecule has 0 radical (unpaired) electrons. The van der Waals surface area contributed by atoms with Crippen molar-refractivity contribution in [1.29, 1.82) is 0 Å². The van der Waals surface area contributed by atoms with E-state index in [4.69, 9.17) is 19.0 Å². The van der Waals surface area contributed by atoms with Gasteiger partial charge in [-0.15, -0.1) is 0 Å². The summed E-state index contributed by atoms with van der Waals surface area (Å²) in [4.78, 5) is 22.9. The first-order valence-corrected chi connectivity index (χ1v) is 9.71. The summed E-state index contributed by atoms with van der Waals surface area (Å²) in [6.45, 7) is 0.202. The van der Waals surface area contributed by atoms with Gasteiger partial charge in [0.1, 0.15) is 18.6 Å². The van der Waals surface area contributed by atoms with Crippen LogP contribution in [0.25, 0.3) is 11.1 Å². The fourth-order valence-corrected chi connectivity index (χ4v) is 2.89. The van der Waals surface area contributed by atoms with Crippen LogP contribution in [0.2, 0.25) is 0 Å². The van der Waals surface area contributed by atoms with E-state index in [2.05, 4.69) is 5.16 Å². The van der Waals surface area contributed by atoms with E-state index in [0.29, 0.717) is 16.9 Å². The minimum absolute atomic E-state index is 0.202. The quantitative estimate of drug-likeness (QED) is 0.336. The highest BCUT2D eigenvalue weighted by Gasteiger charge is 2.50. The SMILES string of the molecule is O=P(O)(O)C(F)(F)c1cccc(-c2ccc(CO/N=C/c3ccco3)cc2)c1. The van der Waals surface area contributed by atoms with Crippen molar-refractivity contribution in [3.63, 3.8) is 0 Å². The molecule has 2 aromatic carbocycles. The third-order valence-electron chi connectivity index (χ3n) is 3.89. The smallest absolute Gasteiger partial charge is 0.399 e. The summed E-state index contributed by atoms with van der Waals surface area (Å²) in [5, 5.41) is 3.78. The van der Waals surface area contributed by atoms with Crippen LogP contribution >= 0.6 is 7.60 Å². The molecule has 3 rings (SSSR count). The maximum absolute atomic E-state index is 13.9. The molecule has 0 spiro atoms. The van der Waals surface area contributed by atoms with Crippen LogP contribution in [-0.4, -0.2) is 16.0 Å². The van der Waals surface area contributed by atoms with Gasteiger partial charge >= 0.3 is 13.3 Å². The van der Waals surface area contributed by atoms with Crippen LogP contribution in [-0.2, 0) is 21.7 Å². The number of hydrogen-bond acceptors (Lipinski definition) is 4. The molecule has 0 aliphatic rings. The van der Waals surface area contributed by atoms with Crippen LogP contribution < -0.4 is 0 Å². The maximum Gasteiger partial charge on any atom is 0.399 e. The number of benzene rings is 2. The van der Waals surface area contributed by atoms with Gasteiger partial charge in [-0.1, -0.05) is 47.6 Å². The van der Waals surface area contributed by atoms with Gasteiger partial charge in [-0.25, -0.2) is 0 Å². The molecule has 2 N–H and O–H groups in total.